The molecule has 0 fully saturated rings. The number of unbranched alkanes of at least 4 members (excludes halogenated alkanes) is 23. The van der Waals surface area contributed by atoms with E-state index >= 15 is 0 Å². The number of carbonyl (C=O) groups is 1. The van der Waals surface area contributed by atoms with Gasteiger partial charge in [-0.25, -0.2) is 4.79 Å². The van der Waals surface area contributed by atoms with Crippen molar-refractivity contribution >= 4 is 6.16 Å². The largest absolute Gasteiger partial charge is 0.508 e. The molecule has 0 rings (SSSR count). The first-order valence-electron chi connectivity index (χ1n) is 18.1. The molecule has 0 aromatic rings. The van der Waals surface area contributed by atoms with Crippen LogP contribution in [0.2, 0.25) is 0 Å². The number of carbonyl (C=O) groups excluding carboxylic acids is 1. The summed E-state index contributed by atoms with van der Waals surface area (Å²) in [6.45, 7) is 5.93. The fourth-order valence-corrected chi connectivity index (χ4v) is 5.57. The predicted octanol–water partition coefficient (Wildman–Crippen LogP) is 12.0. The number of ether oxygens (including phenoxy) is 2. The van der Waals surface area contributed by atoms with Crippen molar-refractivity contribution in [3.63, 3.8) is 0 Å². The monoisotopic (exact) mass is 568 g/mol. The Morgan fingerprint density at radius 3 is 1.15 bits per heavy atom. The second-order valence-electron chi connectivity index (χ2n) is 12.7. The third kappa shape index (κ3) is 31.8. The second-order valence-corrected chi connectivity index (χ2v) is 12.7. The molecule has 1 atom stereocenters. The van der Waals surface area contributed by atoms with Gasteiger partial charge in [-0.2, -0.15) is 0 Å². The van der Waals surface area contributed by atoms with Crippen LogP contribution in [0.25, 0.3) is 0 Å². The first kappa shape index (κ1) is 39.2. The van der Waals surface area contributed by atoms with E-state index < -0.39 is 6.16 Å². The zero-order valence-electron chi connectivity index (χ0n) is 28.0. The number of rotatable bonds is 32. The normalized spacial score (nSPS) is 12.2. The van der Waals surface area contributed by atoms with E-state index in [0.29, 0.717) is 6.61 Å². The van der Waals surface area contributed by atoms with Crippen molar-refractivity contribution in [1.29, 1.82) is 0 Å². The van der Waals surface area contributed by atoms with E-state index in [1.54, 1.807) is 0 Å². The molecule has 0 aliphatic carbocycles. The van der Waals surface area contributed by atoms with Crippen LogP contribution in [0, 0.1) is 0 Å². The van der Waals surface area contributed by atoms with Gasteiger partial charge in [-0.3, -0.25) is 0 Å². The van der Waals surface area contributed by atoms with Gasteiger partial charge in [0.25, 0.3) is 0 Å². The van der Waals surface area contributed by atoms with Crippen molar-refractivity contribution in [3.8, 4) is 0 Å². The lowest BCUT2D eigenvalue weighted by molar-refractivity contribution is 0.0150. The smallest absolute Gasteiger partial charge is 0.434 e. The summed E-state index contributed by atoms with van der Waals surface area (Å²) in [5, 5.41) is 0. The van der Waals surface area contributed by atoms with Crippen molar-refractivity contribution in [2.24, 2.45) is 0 Å². The summed E-state index contributed by atoms with van der Waals surface area (Å²) in [5.74, 6) is 0. The van der Waals surface area contributed by atoms with Gasteiger partial charge in [-0.1, -0.05) is 162 Å². The summed E-state index contributed by atoms with van der Waals surface area (Å²) in [5.41, 5.74) is 0. The molecular formula is C36H73NO3. The molecule has 240 valence electrons. The van der Waals surface area contributed by atoms with Crippen LogP contribution in [0.1, 0.15) is 194 Å². The Balaban J connectivity index is 3.85. The second kappa shape index (κ2) is 32.7. The third-order valence-corrected chi connectivity index (χ3v) is 8.24. The molecule has 0 aliphatic heterocycles. The molecule has 0 N–H and O–H groups in total. The van der Waals surface area contributed by atoms with Crippen molar-refractivity contribution < 1.29 is 14.3 Å². The molecule has 4 nitrogen and oxygen atoms in total. The van der Waals surface area contributed by atoms with E-state index in [1.807, 2.05) is 14.1 Å². The summed E-state index contributed by atoms with van der Waals surface area (Å²) in [4.78, 5) is 14.4. The SMILES string of the molecule is CCCCCCCCCCCCCCCCCCCC(CCCCCCCCCC)OC(=O)OCCCN(C)C. The molecule has 0 saturated carbocycles. The molecular weight excluding hydrogens is 494 g/mol. The fraction of sp³-hybridized carbons (Fsp3) is 0.972. The topological polar surface area (TPSA) is 38.8 Å². The van der Waals surface area contributed by atoms with Crippen LogP contribution in [-0.2, 0) is 9.47 Å². The number of hydrogen-bond acceptors (Lipinski definition) is 4. The molecule has 4 heteroatoms. The van der Waals surface area contributed by atoms with Crippen molar-refractivity contribution in [1.82, 2.24) is 4.90 Å². The van der Waals surface area contributed by atoms with Crippen molar-refractivity contribution in [3.05, 3.63) is 0 Å². The Morgan fingerprint density at radius 1 is 0.500 bits per heavy atom. The highest BCUT2D eigenvalue weighted by Gasteiger charge is 2.15. The predicted molar refractivity (Wildman–Crippen MR) is 175 cm³/mol. The molecule has 1 unspecified atom stereocenters. The van der Waals surface area contributed by atoms with Crippen LogP contribution in [0.15, 0.2) is 0 Å². The molecule has 0 heterocycles. The van der Waals surface area contributed by atoms with Gasteiger partial charge in [0.05, 0.1) is 6.61 Å². The lowest BCUT2D eigenvalue weighted by Crippen LogP contribution is -2.21. The van der Waals surface area contributed by atoms with E-state index in [1.165, 1.54) is 148 Å². The first-order valence-corrected chi connectivity index (χ1v) is 18.1. The van der Waals surface area contributed by atoms with Crippen LogP contribution in [0.3, 0.4) is 0 Å². The summed E-state index contributed by atoms with van der Waals surface area (Å²) in [7, 11) is 4.08. The van der Waals surface area contributed by atoms with Gasteiger partial charge in [0.15, 0.2) is 0 Å². The quantitative estimate of drug-likeness (QED) is 0.0598. The van der Waals surface area contributed by atoms with Crippen LogP contribution in [0.4, 0.5) is 4.79 Å². The van der Waals surface area contributed by atoms with E-state index in [9.17, 15) is 4.79 Å². The minimum Gasteiger partial charge on any atom is -0.434 e. The maximum absolute atomic E-state index is 12.3. The van der Waals surface area contributed by atoms with Gasteiger partial charge < -0.3 is 14.4 Å². The summed E-state index contributed by atoms with van der Waals surface area (Å²) >= 11 is 0. The van der Waals surface area contributed by atoms with Gasteiger partial charge in [-0.05, 0) is 46.2 Å². The van der Waals surface area contributed by atoms with Gasteiger partial charge in [-0.15, -0.1) is 0 Å². The zero-order valence-corrected chi connectivity index (χ0v) is 28.0. The Kier molecular flexibility index (Phi) is 32.1. The average Bonchev–Trinajstić information content (AvgIpc) is 2.94. The van der Waals surface area contributed by atoms with Crippen molar-refractivity contribution in [2.75, 3.05) is 27.2 Å². The Hall–Kier alpha value is -0.770. The van der Waals surface area contributed by atoms with E-state index in [0.717, 1.165) is 38.6 Å². The van der Waals surface area contributed by atoms with Crippen LogP contribution >= 0.6 is 0 Å². The summed E-state index contributed by atoms with van der Waals surface area (Å²) in [6, 6.07) is 0. The Morgan fingerprint density at radius 2 is 0.825 bits per heavy atom. The average molecular weight is 568 g/mol. The molecule has 0 aromatic heterocycles. The molecule has 0 saturated heterocycles. The van der Waals surface area contributed by atoms with E-state index in [2.05, 4.69) is 18.7 Å². The fourth-order valence-electron chi connectivity index (χ4n) is 5.57. The number of hydrogen-bond donors (Lipinski definition) is 0. The molecule has 0 aromatic carbocycles. The van der Waals surface area contributed by atoms with E-state index in [-0.39, 0.29) is 6.10 Å². The van der Waals surface area contributed by atoms with Gasteiger partial charge in [0, 0.05) is 6.54 Å². The van der Waals surface area contributed by atoms with Crippen LogP contribution < -0.4 is 0 Å². The van der Waals surface area contributed by atoms with E-state index in [4.69, 9.17) is 9.47 Å². The third-order valence-electron chi connectivity index (χ3n) is 8.24. The lowest BCUT2D eigenvalue weighted by atomic mass is 10.0. The standard InChI is InChI=1S/C36H73NO3/c1-5-7-9-11-13-15-16-17-18-19-20-21-22-23-25-27-29-32-35(31-28-26-24-14-12-10-8-6-2)40-36(38)39-34-30-33-37(3)4/h35H,5-34H2,1-4H3. The minimum absolute atomic E-state index is 0.0257. The Labute approximate surface area is 252 Å². The highest BCUT2D eigenvalue weighted by Crippen LogP contribution is 2.19. The Bertz CT molecular complexity index is 496. The molecule has 40 heavy (non-hydrogen) atoms. The van der Waals surface area contributed by atoms with Crippen LogP contribution in [-0.4, -0.2) is 44.4 Å². The maximum atomic E-state index is 12.3. The molecule has 0 radical (unpaired) electrons. The molecule has 0 aliphatic rings. The van der Waals surface area contributed by atoms with Crippen LogP contribution in [0.5, 0.6) is 0 Å². The maximum Gasteiger partial charge on any atom is 0.508 e. The molecule has 0 spiro atoms. The molecule has 0 bridgehead atoms. The minimum atomic E-state index is -0.463. The highest BCUT2D eigenvalue weighted by molar-refractivity contribution is 5.60. The van der Waals surface area contributed by atoms with Gasteiger partial charge in [0.1, 0.15) is 6.10 Å². The van der Waals surface area contributed by atoms with Gasteiger partial charge >= 0.3 is 6.16 Å². The highest BCUT2D eigenvalue weighted by atomic mass is 16.7. The first-order chi connectivity index (χ1) is 19.6. The summed E-state index contributed by atoms with van der Waals surface area (Å²) < 4.78 is 11.1. The zero-order chi connectivity index (χ0) is 29.4. The summed E-state index contributed by atoms with van der Waals surface area (Å²) in [6.07, 6.45) is 36.5. The molecule has 0 amide bonds. The lowest BCUT2D eigenvalue weighted by Gasteiger charge is -2.18. The van der Waals surface area contributed by atoms with Gasteiger partial charge in [0.2, 0.25) is 0 Å². The number of nitrogens with zero attached hydrogens (tertiary/aromatic N) is 1. The van der Waals surface area contributed by atoms with Crippen molar-refractivity contribution in [2.45, 2.75) is 200 Å².